The first-order valence-electron chi connectivity index (χ1n) is 4.36. The maximum absolute atomic E-state index is 5.86. The fourth-order valence-corrected chi connectivity index (χ4v) is 2.67. The van der Waals surface area contributed by atoms with Crippen molar-refractivity contribution in [2.75, 3.05) is 12.3 Å². The lowest BCUT2D eigenvalue weighted by Gasteiger charge is -1.96. The van der Waals surface area contributed by atoms with Crippen LogP contribution in [-0.4, -0.2) is 6.61 Å². The summed E-state index contributed by atoms with van der Waals surface area (Å²) in [6.07, 6.45) is 0. The molecule has 0 radical (unpaired) electrons. The SMILES string of the molecule is CCOc1cc2c(S)ccc(N)c2s1. The average Bonchev–Trinajstić information content (AvgIpc) is 2.57. The first-order chi connectivity index (χ1) is 6.72. The molecule has 0 atom stereocenters. The molecular weight excluding hydrogens is 214 g/mol. The molecule has 1 heterocycles. The minimum absolute atomic E-state index is 0.675. The summed E-state index contributed by atoms with van der Waals surface area (Å²) in [6.45, 7) is 2.64. The van der Waals surface area contributed by atoms with Gasteiger partial charge in [-0.1, -0.05) is 11.3 Å². The maximum atomic E-state index is 5.86. The Hall–Kier alpha value is -0.870. The first kappa shape index (κ1) is 9.68. The van der Waals surface area contributed by atoms with Crippen molar-refractivity contribution in [2.45, 2.75) is 11.8 Å². The Labute approximate surface area is 92.1 Å². The highest BCUT2D eigenvalue weighted by Crippen LogP contribution is 2.38. The van der Waals surface area contributed by atoms with Crippen molar-refractivity contribution in [3.63, 3.8) is 0 Å². The third-order valence-corrected chi connectivity index (χ3v) is 3.44. The molecule has 14 heavy (non-hydrogen) atoms. The largest absolute Gasteiger partial charge is 0.484 e. The van der Waals surface area contributed by atoms with E-state index in [-0.39, 0.29) is 0 Å². The number of thiophene rings is 1. The second-order valence-corrected chi connectivity index (χ2v) is 4.41. The average molecular weight is 225 g/mol. The number of fused-ring (bicyclic) bond motifs is 1. The van der Waals surface area contributed by atoms with E-state index in [2.05, 4.69) is 12.6 Å². The second-order valence-electron chi connectivity index (χ2n) is 2.92. The van der Waals surface area contributed by atoms with Crippen molar-refractivity contribution in [1.29, 1.82) is 0 Å². The lowest BCUT2D eigenvalue weighted by atomic mass is 10.2. The van der Waals surface area contributed by atoms with Gasteiger partial charge in [0.1, 0.15) is 0 Å². The van der Waals surface area contributed by atoms with Crippen molar-refractivity contribution in [3.05, 3.63) is 18.2 Å². The Morgan fingerprint density at radius 1 is 1.50 bits per heavy atom. The van der Waals surface area contributed by atoms with Crippen LogP contribution in [0.4, 0.5) is 5.69 Å². The minimum Gasteiger partial charge on any atom is -0.484 e. The van der Waals surface area contributed by atoms with Gasteiger partial charge in [0.25, 0.3) is 0 Å². The highest BCUT2D eigenvalue weighted by Gasteiger charge is 2.07. The van der Waals surface area contributed by atoms with Crippen LogP contribution in [0.25, 0.3) is 10.1 Å². The molecule has 0 amide bonds. The van der Waals surface area contributed by atoms with Gasteiger partial charge in [0.15, 0.2) is 5.06 Å². The molecule has 0 aliphatic carbocycles. The number of anilines is 1. The monoisotopic (exact) mass is 225 g/mol. The molecule has 1 aromatic carbocycles. The Balaban J connectivity index is 2.63. The van der Waals surface area contributed by atoms with Gasteiger partial charge in [0.2, 0.25) is 0 Å². The standard InChI is InChI=1S/C10H11NOS2/c1-2-12-9-5-6-8(13)4-3-7(11)10(6)14-9/h3-5,13H,2,11H2,1H3. The Kier molecular flexibility index (Phi) is 2.56. The number of ether oxygens (including phenoxy) is 1. The molecule has 0 aliphatic heterocycles. The summed E-state index contributed by atoms with van der Waals surface area (Å²) in [6, 6.07) is 5.77. The topological polar surface area (TPSA) is 35.2 Å². The molecule has 0 saturated heterocycles. The molecule has 0 fully saturated rings. The van der Waals surface area contributed by atoms with E-state index in [1.165, 1.54) is 0 Å². The van der Waals surface area contributed by atoms with Crippen LogP contribution in [0.5, 0.6) is 5.06 Å². The molecule has 2 nitrogen and oxygen atoms in total. The molecule has 2 aromatic rings. The van der Waals surface area contributed by atoms with Crippen LogP contribution >= 0.6 is 24.0 Å². The lowest BCUT2D eigenvalue weighted by Crippen LogP contribution is -1.86. The predicted molar refractivity (Wildman–Crippen MR) is 64.7 cm³/mol. The second kappa shape index (κ2) is 3.71. The van der Waals surface area contributed by atoms with E-state index in [1.807, 2.05) is 25.1 Å². The zero-order valence-electron chi connectivity index (χ0n) is 7.78. The van der Waals surface area contributed by atoms with Crippen LogP contribution in [0, 0.1) is 0 Å². The van der Waals surface area contributed by atoms with E-state index < -0.39 is 0 Å². The van der Waals surface area contributed by atoms with Gasteiger partial charge >= 0.3 is 0 Å². The quantitative estimate of drug-likeness (QED) is 0.608. The van der Waals surface area contributed by atoms with Crippen LogP contribution < -0.4 is 10.5 Å². The van der Waals surface area contributed by atoms with Gasteiger partial charge in [-0.25, -0.2) is 0 Å². The first-order valence-corrected chi connectivity index (χ1v) is 5.62. The highest BCUT2D eigenvalue weighted by molar-refractivity contribution is 7.80. The molecule has 0 bridgehead atoms. The number of hydrogen-bond donors (Lipinski definition) is 2. The number of nitrogen functional groups attached to an aromatic ring is 1. The van der Waals surface area contributed by atoms with Crippen molar-refractivity contribution in [3.8, 4) is 5.06 Å². The third-order valence-electron chi connectivity index (χ3n) is 1.95. The normalized spacial score (nSPS) is 10.7. The predicted octanol–water partition coefficient (Wildman–Crippen LogP) is 3.17. The summed E-state index contributed by atoms with van der Waals surface area (Å²) in [7, 11) is 0. The van der Waals surface area contributed by atoms with E-state index in [1.54, 1.807) is 11.3 Å². The number of nitrogens with two attached hydrogens (primary N) is 1. The summed E-state index contributed by atoms with van der Waals surface area (Å²) < 4.78 is 6.49. The van der Waals surface area contributed by atoms with E-state index in [9.17, 15) is 0 Å². The molecule has 0 spiro atoms. The van der Waals surface area contributed by atoms with Crippen molar-refractivity contribution in [2.24, 2.45) is 0 Å². The fourth-order valence-electron chi connectivity index (χ4n) is 1.32. The summed E-state index contributed by atoms with van der Waals surface area (Å²) in [5.41, 5.74) is 6.64. The van der Waals surface area contributed by atoms with E-state index in [0.29, 0.717) is 6.61 Å². The maximum Gasteiger partial charge on any atom is 0.175 e. The van der Waals surface area contributed by atoms with Crippen molar-refractivity contribution in [1.82, 2.24) is 0 Å². The van der Waals surface area contributed by atoms with Gasteiger partial charge in [-0.3, -0.25) is 0 Å². The molecule has 0 aliphatic rings. The van der Waals surface area contributed by atoms with Crippen molar-refractivity contribution >= 4 is 39.7 Å². The third kappa shape index (κ3) is 1.55. The number of hydrogen-bond acceptors (Lipinski definition) is 4. The molecule has 2 N–H and O–H groups in total. The van der Waals surface area contributed by atoms with Gasteiger partial charge in [-0.15, -0.1) is 12.6 Å². The van der Waals surface area contributed by atoms with Crippen LogP contribution in [0.3, 0.4) is 0 Å². The lowest BCUT2D eigenvalue weighted by molar-refractivity contribution is 0.350. The van der Waals surface area contributed by atoms with Gasteiger partial charge in [0, 0.05) is 22.0 Å². The molecule has 74 valence electrons. The Morgan fingerprint density at radius 2 is 2.29 bits per heavy atom. The summed E-state index contributed by atoms with van der Waals surface area (Å²) in [4.78, 5) is 0.941. The fraction of sp³-hybridized carbons (Fsp3) is 0.200. The Bertz CT molecular complexity index is 425. The number of thiol groups is 1. The molecule has 2 rings (SSSR count). The minimum atomic E-state index is 0.675. The Morgan fingerprint density at radius 3 is 2.93 bits per heavy atom. The van der Waals surface area contributed by atoms with Gasteiger partial charge in [-0.2, -0.15) is 0 Å². The van der Waals surface area contributed by atoms with Crippen LogP contribution in [-0.2, 0) is 0 Å². The molecule has 1 aromatic heterocycles. The van der Waals surface area contributed by atoms with Crippen LogP contribution in [0.1, 0.15) is 6.92 Å². The number of benzene rings is 1. The van der Waals surface area contributed by atoms with Crippen LogP contribution in [0.2, 0.25) is 0 Å². The van der Waals surface area contributed by atoms with Crippen molar-refractivity contribution < 1.29 is 4.74 Å². The summed E-state index contributed by atoms with van der Waals surface area (Å²) in [5.74, 6) is 0. The zero-order chi connectivity index (χ0) is 10.1. The smallest absolute Gasteiger partial charge is 0.175 e. The molecule has 0 saturated carbocycles. The molecular formula is C10H11NOS2. The van der Waals surface area contributed by atoms with Gasteiger partial charge < -0.3 is 10.5 Å². The number of rotatable bonds is 2. The van der Waals surface area contributed by atoms with E-state index in [4.69, 9.17) is 10.5 Å². The molecule has 4 heteroatoms. The summed E-state index contributed by atoms with van der Waals surface area (Å²) in [5, 5.41) is 1.97. The zero-order valence-corrected chi connectivity index (χ0v) is 9.49. The van der Waals surface area contributed by atoms with Crippen LogP contribution in [0.15, 0.2) is 23.1 Å². The van der Waals surface area contributed by atoms with Gasteiger partial charge in [-0.05, 0) is 19.1 Å². The van der Waals surface area contributed by atoms with E-state index in [0.717, 1.165) is 25.7 Å². The summed E-state index contributed by atoms with van der Waals surface area (Å²) >= 11 is 5.94. The van der Waals surface area contributed by atoms with E-state index >= 15 is 0 Å². The molecule has 0 unspecified atom stereocenters. The van der Waals surface area contributed by atoms with Gasteiger partial charge in [0.05, 0.1) is 11.3 Å². The highest BCUT2D eigenvalue weighted by atomic mass is 32.1.